The van der Waals surface area contributed by atoms with Crippen molar-refractivity contribution in [1.29, 1.82) is 0 Å². The fraction of sp³-hybridized carbons (Fsp3) is 0.929. The lowest BCUT2D eigenvalue weighted by Crippen LogP contribution is -2.44. The molecular weight excluding hydrogens is 226 g/mol. The van der Waals surface area contributed by atoms with Crippen molar-refractivity contribution in [2.45, 2.75) is 58.8 Å². The Morgan fingerprint density at radius 1 is 1.33 bits per heavy atom. The van der Waals surface area contributed by atoms with Gasteiger partial charge in [-0.2, -0.15) is 0 Å². The second-order valence-electron chi connectivity index (χ2n) is 6.22. The predicted molar refractivity (Wildman–Crippen MR) is 75.3 cm³/mol. The lowest BCUT2D eigenvalue weighted by molar-refractivity contribution is -0.132. The molecule has 1 N–H and O–H groups in total. The highest BCUT2D eigenvalue weighted by Gasteiger charge is 2.38. The van der Waals surface area contributed by atoms with E-state index in [2.05, 4.69) is 50.0 Å². The summed E-state index contributed by atoms with van der Waals surface area (Å²) in [4.78, 5) is 16.5. The summed E-state index contributed by atoms with van der Waals surface area (Å²) >= 11 is 0. The number of carbonyl (C=O) groups is 1. The molecule has 1 saturated heterocycles. The number of hydrogen-bond acceptors (Lipinski definition) is 3. The standard InChI is InChI=1S/C14H29N3O/c1-10(2)9-13-15-12(4)14(18)17(13)11(3)7-8-16(5)6/h10-13,15H,7-9H2,1-6H3. The van der Waals surface area contributed by atoms with Gasteiger partial charge in [0.15, 0.2) is 0 Å². The summed E-state index contributed by atoms with van der Waals surface area (Å²) < 4.78 is 0. The lowest BCUT2D eigenvalue weighted by atomic mass is 10.1. The second kappa shape index (κ2) is 6.53. The summed E-state index contributed by atoms with van der Waals surface area (Å²) in [5.74, 6) is 0.857. The van der Waals surface area contributed by atoms with Crippen LogP contribution in [-0.4, -0.2) is 54.6 Å². The van der Waals surface area contributed by atoms with Crippen molar-refractivity contribution >= 4 is 5.91 Å². The third-order valence-electron chi connectivity index (χ3n) is 3.57. The fourth-order valence-corrected chi connectivity index (χ4v) is 2.55. The molecule has 1 amide bonds. The minimum absolute atomic E-state index is 0.0319. The fourth-order valence-electron chi connectivity index (χ4n) is 2.55. The summed E-state index contributed by atoms with van der Waals surface area (Å²) in [5.41, 5.74) is 0. The van der Waals surface area contributed by atoms with Crippen molar-refractivity contribution in [1.82, 2.24) is 15.1 Å². The van der Waals surface area contributed by atoms with E-state index in [1.54, 1.807) is 0 Å². The Labute approximate surface area is 112 Å². The van der Waals surface area contributed by atoms with Gasteiger partial charge in [-0.05, 0) is 53.2 Å². The molecule has 106 valence electrons. The Morgan fingerprint density at radius 2 is 1.94 bits per heavy atom. The first-order valence-corrected chi connectivity index (χ1v) is 7.05. The van der Waals surface area contributed by atoms with E-state index >= 15 is 0 Å². The molecule has 1 rings (SSSR count). The molecule has 0 aromatic heterocycles. The molecule has 1 heterocycles. The number of amides is 1. The molecule has 3 unspecified atom stereocenters. The summed E-state index contributed by atoms with van der Waals surface area (Å²) in [5, 5.41) is 3.42. The molecule has 4 nitrogen and oxygen atoms in total. The quantitative estimate of drug-likeness (QED) is 0.781. The van der Waals surface area contributed by atoms with E-state index in [9.17, 15) is 4.79 Å². The second-order valence-corrected chi connectivity index (χ2v) is 6.22. The van der Waals surface area contributed by atoms with Crippen molar-refractivity contribution in [3.05, 3.63) is 0 Å². The minimum atomic E-state index is -0.0319. The number of hydrogen-bond donors (Lipinski definition) is 1. The Balaban J connectivity index is 2.65. The molecule has 4 heteroatoms. The molecule has 0 saturated carbocycles. The van der Waals surface area contributed by atoms with Crippen molar-refractivity contribution < 1.29 is 4.79 Å². The molecule has 0 aliphatic carbocycles. The van der Waals surface area contributed by atoms with E-state index in [0.717, 1.165) is 19.4 Å². The number of nitrogens with one attached hydrogen (secondary N) is 1. The van der Waals surface area contributed by atoms with Crippen molar-refractivity contribution in [3.8, 4) is 0 Å². The van der Waals surface area contributed by atoms with E-state index in [1.807, 2.05) is 6.92 Å². The van der Waals surface area contributed by atoms with Gasteiger partial charge in [0.2, 0.25) is 5.91 Å². The van der Waals surface area contributed by atoms with Crippen LogP contribution in [0.25, 0.3) is 0 Å². The summed E-state index contributed by atoms with van der Waals surface area (Å²) in [6, 6.07) is 0.275. The van der Waals surface area contributed by atoms with Crippen molar-refractivity contribution in [2.24, 2.45) is 5.92 Å². The highest BCUT2D eigenvalue weighted by atomic mass is 16.2. The average Bonchev–Trinajstić information content (AvgIpc) is 2.50. The third kappa shape index (κ3) is 3.95. The summed E-state index contributed by atoms with van der Waals surface area (Å²) in [7, 11) is 4.15. The van der Waals surface area contributed by atoms with Crippen molar-refractivity contribution in [2.75, 3.05) is 20.6 Å². The maximum absolute atomic E-state index is 12.2. The molecule has 0 spiro atoms. The molecular formula is C14H29N3O. The van der Waals surface area contributed by atoms with Crippen LogP contribution in [0.1, 0.15) is 40.5 Å². The van der Waals surface area contributed by atoms with Crippen LogP contribution >= 0.6 is 0 Å². The minimum Gasteiger partial charge on any atom is -0.323 e. The zero-order valence-corrected chi connectivity index (χ0v) is 12.7. The Morgan fingerprint density at radius 3 is 2.44 bits per heavy atom. The van der Waals surface area contributed by atoms with Crippen LogP contribution in [0.5, 0.6) is 0 Å². The Kier molecular flexibility index (Phi) is 5.60. The highest BCUT2D eigenvalue weighted by molar-refractivity contribution is 5.84. The van der Waals surface area contributed by atoms with Crippen LogP contribution < -0.4 is 5.32 Å². The van der Waals surface area contributed by atoms with Gasteiger partial charge in [0, 0.05) is 6.04 Å². The average molecular weight is 255 g/mol. The van der Waals surface area contributed by atoms with Crippen molar-refractivity contribution in [3.63, 3.8) is 0 Å². The van der Waals surface area contributed by atoms with E-state index in [1.165, 1.54) is 0 Å². The molecule has 18 heavy (non-hydrogen) atoms. The molecule has 1 aliphatic rings. The van der Waals surface area contributed by atoms with Crippen LogP contribution in [0.3, 0.4) is 0 Å². The Hall–Kier alpha value is -0.610. The first-order chi connectivity index (χ1) is 8.32. The SMILES string of the molecule is CC(C)CC1NC(C)C(=O)N1C(C)CCN(C)C. The van der Waals surface area contributed by atoms with Gasteiger partial charge in [-0.3, -0.25) is 10.1 Å². The molecule has 1 fully saturated rings. The van der Waals surface area contributed by atoms with Crippen LogP contribution in [-0.2, 0) is 4.79 Å². The van der Waals surface area contributed by atoms with Crippen LogP contribution in [0.15, 0.2) is 0 Å². The number of carbonyl (C=O) groups excluding carboxylic acids is 1. The summed E-state index contributed by atoms with van der Waals surface area (Å²) in [6.07, 6.45) is 2.27. The molecule has 0 aromatic carbocycles. The normalized spacial score (nSPS) is 26.4. The molecule has 1 aliphatic heterocycles. The molecule has 0 radical (unpaired) electrons. The summed E-state index contributed by atoms with van der Waals surface area (Å²) in [6.45, 7) is 9.56. The van der Waals surface area contributed by atoms with Gasteiger partial charge >= 0.3 is 0 Å². The van der Waals surface area contributed by atoms with Crippen LogP contribution in [0.4, 0.5) is 0 Å². The number of nitrogens with zero attached hydrogens (tertiary/aromatic N) is 2. The van der Waals surface area contributed by atoms with Crippen LogP contribution in [0.2, 0.25) is 0 Å². The zero-order valence-electron chi connectivity index (χ0n) is 12.7. The first kappa shape index (κ1) is 15.4. The molecule has 0 aromatic rings. The van der Waals surface area contributed by atoms with Gasteiger partial charge in [-0.25, -0.2) is 0 Å². The van der Waals surface area contributed by atoms with E-state index in [0.29, 0.717) is 12.0 Å². The smallest absolute Gasteiger partial charge is 0.240 e. The maximum Gasteiger partial charge on any atom is 0.240 e. The first-order valence-electron chi connectivity index (χ1n) is 7.05. The van der Waals surface area contributed by atoms with E-state index in [4.69, 9.17) is 0 Å². The van der Waals surface area contributed by atoms with Gasteiger partial charge in [0.1, 0.15) is 0 Å². The highest BCUT2D eigenvalue weighted by Crippen LogP contribution is 2.21. The van der Waals surface area contributed by atoms with Gasteiger partial charge in [-0.1, -0.05) is 13.8 Å². The number of rotatable bonds is 6. The third-order valence-corrected chi connectivity index (χ3v) is 3.57. The molecule has 3 atom stereocenters. The van der Waals surface area contributed by atoms with E-state index in [-0.39, 0.29) is 18.1 Å². The maximum atomic E-state index is 12.2. The topological polar surface area (TPSA) is 35.6 Å². The lowest BCUT2D eigenvalue weighted by Gasteiger charge is -2.32. The molecule has 0 bridgehead atoms. The monoisotopic (exact) mass is 255 g/mol. The Bertz CT molecular complexity index is 278. The largest absolute Gasteiger partial charge is 0.323 e. The predicted octanol–water partition coefficient (Wildman–Crippen LogP) is 1.52. The van der Waals surface area contributed by atoms with Gasteiger partial charge < -0.3 is 9.80 Å². The zero-order chi connectivity index (χ0) is 13.9. The van der Waals surface area contributed by atoms with E-state index < -0.39 is 0 Å². The van der Waals surface area contributed by atoms with Gasteiger partial charge in [-0.15, -0.1) is 0 Å². The van der Waals surface area contributed by atoms with Gasteiger partial charge in [0.05, 0.1) is 12.2 Å². The van der Waals surface area contributed by atoms with Gasteiger partial charge in [0.25, 0.3) is 0 Å². The van der Waals surface area contributed by atoms with Crippen LogP contribution in [0, 0.1) is 5.92 Å².